The highest BCUT2D eigenvalue weighted by atomic mass is 32.2. The van der Waals surface area contributed by atoms with Crippen LogP contribution < -0.4 is 5.32 Å². The molecule has 10 heteroatoms. The predicted octanol–water partition coefficient (Wildman–Crippen LogP) is 3.32. The first kappa shape index (κ1) is 24.6. The Kier molecular flexibility index (Phi) is 7.04. The van der Waals surface area contributed by atoms with Crippen molar-refractivity contribution in [2.75, 3.05) is 25.5 Å². The highest BCUT2D eigenvalue weighted by molar-refractivity contribution is 7.89. The van der Waals surface area contributed by atoms with Gasteiger partial charge in [0.2, 0.25) is 15.9 Å². The Labute approximate surface area is 204 Å². The van der Waals surface area contributed by atoms with E-state index in [0.717, 1.165) is 17.1 Å². The van der Waals surface area contributed by atoms with Crippen molar-refractivity contribution in [2.24, 2.45) is 5.92 Å². The molecule has 4 rings (SSSR count). The van der Waals surface area contributed by atoms with E-state index < -0.39 is 16.0 Å². The van der Waals surface area contributed by atoms with E-state index >= 15 is 0 Å². The van der Waals surface area contributed by atoms with Gasteiger partial charge >= 0.3 is 5.97 Å². The van der Waals surface area contributed by atoms with Gasteiger partial charge in [0.25, 0.3) is 0 Å². The van der Waals surface area contributed by atoms with E-state index in [9.17, 15) is 18.0 Å². The molecule has 2 heterocycles. The number of amides is 1. The van der Waals surface area contributed by atoms with Crippen LogP contribution in [0.3, 0.4) is 0 Å². The Bertz CT molecular complexity index is 1360. The Balaban J connectivity index is 1.47. The van der Waals surface area contributed by atoms with Crippen LogP contribution in [0.5, 0.6) is 0 Å². The van der Waals surface area contributed by atoms with Crippen LogP contribution in [-0.4, -0.2) is 54.6 Å². The number of para-hydroxylation sites is 2. The van der Waals surface area contributed by atoms with Crippen molar-refractivity contribution in [3.8, 4) is 5.69 Å². The van der Waals surface area contributed by atoms with Crippen molar-refractivity contribution in [1.29, 1.82) is 0 Å². The van der Waals surface area contributed by atoms with Crippen molar-refractivity contribution < 1.29 is 22.7 Å². The number of carbonyl (C=O) groups is 2. The Morgan fingerprint density at radius 2 is 1.69 bits per heavy atom. The number of methoxy groups -OCH3 is 1. The lowest BCUT2D eigenvalue weighted by Crippen LogP contribution is -2.41. The number of piperidine rings is 1. The SMILES string of the molecule is COC(=O)c1ccccc1S(=O)(=O)N1CCC(C(=O)Nc2ccccc2-n2nc(C)cc2C)CC1. The number of nitrogens with one attached hydrogen (secondary N) is 1. The molecule has 1 saturated heterocycles. The van der Waals surface area contributed by atoms with E-state index in [0.29, 0.717) is 18.5 Å². The van der Waals surface area contributed by atoms with E-state index in [1.165, 1.54) is 23.5 Å². The summed E-state index contributed by atoms with van der Waals surface area (Å²) >= 11 is 0. The lowest BCUT2D eigenvalue weighted by molar-refractivity contribution is -0.120. The van der Waals surface area contributed by atoms with Gasteiger partial charge in [-0.15, -0.1) is 0 Å². The molecule has 0 unspecified atom stereocenters. The summed E-state index contributed by atoms with van der Waals surface area (Å²) in [6, 6.07) is 15.4. The maximum Gasteiger partial charge on any atom is 0.339 e. The molecule has 0 aliphatic carbocycles. The number of nitrogens with zero attached hydrogens (tertiary/aromatic N) is 3. The number of hydrogen-bond acceptors (Lipinski definition) is 6. The normalized spacial score (nSPS) is 15.1. The molecular formula is C25H28N4O5S. The smallest absolute Gasteiger partial charge is 0.339 e. The van der Waals surface area contributed by atoms with Crippen LogP contribution in [0, 0.1) is 19.8 Å². The number of carbonyl (C=O) groups excluding carboxylic acids is 2. The van der Waals surface area contributed by atoms with Gasteiger partial charge in [-0.1, -0.05) is 24.3 Å². The maximum atomic E-state index is 13.2. The highest BCUT2D eigenvalue weighted by Crippen LogP contribution is 2.28. The summed E-state index contributed by atoms with van der Waals surface area (Å²) in [6.07, 6.45) is 0.737. The minimum Gasteiger partial charge on any atom is -0.465 e. The van der Waals surface area contributed by atoms with Gasteiger partial charge in [-0.05, 0) is 57.0 Å². The summed E-state index contributed by atoms with van der Waals surface area (Å²) in [4.78, 5) is 25.1. The molecule has 3 aromatic rings. The highest BCUT2D eigenvalue weighted by Gasteiger charge is 2.34. The van der Waals surface area contributed by atoms with E-state index in [2.05, 4.69) is 10.4 Å². The van der Waals surface area contributed by atoms with Crippen LogP contribution in [0.1, 0.15) is 34.6 Å². The number of rotatable bonds is 6. The number of esters is 1. The molecule has 1 amide bonds. The summed E-state index contributed by atoms with van der Waals surface area (Å²) in [5.74, 6) is -1.21. The summed E-state index contributed by atoms with van der Waals surface area (Å²) in [5, 5.41) is 7.51. The molecule has 0 bridgehead atoms. The van der Waals surface area contributed by atoms with Gasteiger partial charge in [0, 0.05) is 24.7 Å². The number of hydrogen-bond donors (Lipinski definition) is 1. The molecule has 9 nitrogen and oxygen atoms in total. The predicted molar refractivity (Wildman–Crippen MR) is 131 cm³/mol. The standard InChI is InChI=1S/C25H28N4O5S/c1-17-16-18(2)29(27-17)22-10-6-5-9-21(22)26-24(30)19-12-14-28(15-13-19)35(32,33)23-11-7-4-8-20(23)25(31)34-3/h4-11,16,19H,12-15H2,1-3H3,(H,26,30). The number of ether oxygens (including phenoxy) is 1. The topological polar surface area (TPSA) is 111 Å². The average molecular weight is 497 g/mol. The molecule has 1 aliphatic rings. The fourth-order valence-electron chi connectivity index (χ4n) is 4.34. The van der Waals surface area contributed by atoms with Gasteiger partial charge in [0.05, 0.1) is 34.6 Å². The molecule has 0 atom stereocenters. The number of anilines is 1. The summed E-state index contributed by atoms with van der Waals surface area (Å²) in [5.41, 5.74) is 3.24. The monoisotopic (exact) mass is 496 g/mol. The van der Waals surface area contributed by atoms with Gasteiger partial charge in [0.15, 0.2) is 0 Å². The molecule has 1 aromatic heterocycles. The second kappa shape index (κ2) is 10.0. The van der Waals surface area contributed by atoms with Gasteiger partial charge < -0.3 is 10.1 Å². The van der Waals surface area contributed by atoms with Crippen LogP contribution in [0.4, 0.5) is 5.69 Å². The molecule has 1 fully saturated rings. The van der Waals surface area contributed by atoms with Crippen LogP contribution >= 0.6 is 0 Å². The summed E-state index contributed by atoms with van der Waals surface area (Å²) in [6.45, 7) is 4.22. The molecule has 0 radical (unpaired) electrons. The van der Waals surface area contributed by atoms with Crippen LogP contribution in [0.2, 0.25) is 0 Å². The Hall–Kier alpha value is -3.50. The minimum absolute atomic E-state index is 0.00405. The fourth-order valence-corrected chi connectivity index (χ4v) is 5.99. The molecule has 2 aromatic carbocycles. The lowest BCUT2D eigenvalue weighted by Gasteiger charge is -2.31. The lowest BCUT2D eigenvalue weighted by atomic mass is 9.97. The summed E-state index contributed by atoms with van der Waals surface area (Å²) < 4.78 is 34.3. The van der Waals surface area contributed by atoms with Crippen LogP contribution in [0.15, 0.2) is 59.5 Å². The van der Waals surface area contributed by atoms with Crippen molar-refractivity contribution in [1.82, 2.24) is 14.1 Å². The van der Waals surface area contributed by atoms with E-state index in [1.54, 1.807) is 16.8 Å². The third-order valence-corrected chi connectivity index (χ3v) is 8.09. The zero-order chi connectivity index (χ0) is 25.2. The first-order chi connectivity index (χ1) is 16.7. The van der Waals surface area contributed by atoms with E-state index in [-0.39, 0.29) is 35.4 Å². The molecular weight excluding hydrogens is 468 g/mol. The molecule has 0 spiro atoms. The molecule has 1 N–H and O–H groups in total. The maximum absolute atomic E-state index is 13.2. The number of aryl methyl sites for hydroxylation is 2. The quantitative estimate of drug-likeness (QED) is 0.524. The number of benzene rings is 2. The van der Waals surface area contributed by atoms with Gasteiger partial charge in [-0.2, -0.15) is 9.40 Å². The van der Waals surface area contributed by atoms with Crippen molar-refractivity contribution in [3.63, 3.8) is 0 Å². The fraction of sp³-hybridized carbons (Fsp3) is 0.320. The van der Waals surface area contributed by atoms with Crippen molar-refractivity contribution in [2.45, 2.75) is 31.6 Å². The van der Waals surface area contributed by atoms with Crippen LogP contribution in [0.25, 0.3) is 5.69 Å². The first-order valence-electron chi connectivity index (χ1n) is 11.3. The third kappa shape index (κ3) is 4.98. The molecule has 184 valence electrons. The first-order valence-corrected chi connectivity index (χ1v) is 12.8. The largest absolute Gasteiger partial charge is 0.465 e. The number of sulfonamides is 1. The van der Waals surface area contributed by atoms with E-state index in [4.69, 9.17) is 4.74 Å². The zero-order valence-electron chi connectivity index (χ0n) is 19.9. The summed E-state index contributed by atoms with van der Waals surface area (Å²) in [7, 11) is -2.70. The van der Waals surface area contributed by atoms with Crippen molar-refractivity contribution in [3.05, 3.63) is 71.5 Å². The Morgan fingerprint density at radius 3 is 2.34 bits per heavy atom. The molecule has 35 heavy (non-hydrogen) atoms. The average Bonchev–Trinajstić information content (AvgIpc) is 3.21. The third-order valence-electron chi connectivity index (χ3n) is 6.13. The number of aromatic nitrogens is 2. The Morgan fingerprint density at radius 1 is 1.03 bits per heavy atom. The molecule has 1 aliphatic heterocycles. The zero-order valence-corrected chi connectivity index (χ0v) is 20.7. The second-order valence-electron chi connectivity index (χ2n) is 8.51. The second-order valence-corrected chi connectivity index (χ2v) is 10.4. The minimum atomic E-state index is -3.91. The molecule has 0 saturated carbocycles. The van der Waals surface area contributed by atoms with Gasteiger partial charge in [-0.3, -0.25) is 4.79 Å². The van der Waals surface area contributed by atoms with Gasteiger partial charge in [0.1, 0.15) is 0 Å². The van der Waals surface area contributed by atoms with Crippen molar-refractivity contribution >= 4 is 27.6 Å². The van der Waals surface area contributed by atoms with E-state index in [1.807, 2.05) is 44.2 Å². The van der Waals surface area contributed by atoms with Crippen LogP contribution in [-0.2, 0) is 19.6 Å². The van der Waals surface area contributed by atoms with Gasteiger partial charge in [-0.25, -0.2) is 17.9 Å².